The Hall–Kier alpha value is -3.80. The van der Waals surface area contributed by atoms with Crippen LogP contribution in [-0.2, 0) is 11.2 Å². The highest BCUT2D eigenvalue weighted by molar-refractivity contribution is 5.99. The van der Waals surface area contributed by atoms with Crippen molar-refractivity contribution in [2.45, 2.75) is 26.3 Å². The van der Waals surface area contributed by atoms with Gasteiger partial charge >= 0.3 is 5.97 Å². The van der Waals surface area contributed by atoms with Crippen LogP contribution in [0.3, 0.4) is 0 Å². The number of rotatable bonds is 7. The van der Waals surface area contributed by atoms with Crippen LogP contribution in [0.4, 0.5) is 5.69 Å². The Balaban J connectivity index is 1.88. The summed E-state index contributed by atoms with van der Waals surface area (Å²) in [5.41, 5.74) is 3.64. The molecule has 1 atom stereocenters. The van der Waals surface area contributed by atoms with E-state index in [1.807, 2.05) is 56.3 Å². The molecule has 1 aliphatic heterocycles. The number of carbonyl (C=O) groups is 2. The first-order valence-corrected chi connectivity index (χ1v) is 10.7. The number of carboxylic acid groups (broad SMARTS) is 1. The fourth-order valence-corrected chi connectivity index (χ4v) is 4.11. The second-order valence-corrected chi connectivity index (χ2v) is 7.47. The van der Waals surface area contributed by atoms with Gasteiger partial charge in [0, 0.05) is 5.69 Å². The van der Waals surface area contributed by atoms with Gasteiger partial charge in [-0.1, -0.05) is 30.3 Å². The molecule has 0 aliphatic carbocycles. The number of carbonyl (C=O) groups excluding carboxylic acids is 1. The van der Waals surface area contributed by atoms with Crippen molar-refractivity contribution in [2.75, 3.05) is 18.1 Å². The number of hydrogen-bond acceptors (Lipinski definition) is 4. The van der Waals surface area contributed by atoms with Gasteiger partial charge < -0.3 is 19.5 Å². The Kier molecular flexibility index (Phi) is 6.12. The zero-order valence-corrected chi connectivity index (χ0v) is 18.1. The lowest BCUT2D eigenvalue weighted by molar-refractivity contribution is -0.118. The molecular weight excluding hydrogens is 406 g/mol. The summed E-state index contributed by atoms with van der Waals surface area (Å²) in [7, 11) is 0. The Labute approximate surface area is 187 Å². The molecule has 1 aliphatic rings. The molecule has 0 radical (unpaired) electrons. The third-order valence-corrected chi connectivity index (χ3v) is 5.48. The van der Waals surface area contributed by atoms with Crippen molar-refractivity contribution >= 4 is 17.6 Å². The van der Waals surface area contributed by atoms with Crippen LogP contribution in [0, 0.1) is 0 Å². The molecule has 0 fully saturated rings. The topological polar surface area (TPSA) is 76.1 Å². The van der Waals surface area contributed by atoms with Crippen LogP contribution in [0.5, 0.6) is 11.5 Å². The molecular formula is C26H25NO5. The summed E-state index contributed by atoms with van der Waals surface area (Å²) < 4.78 is 11.6. The van der Waals surface area contributed by atoms with Crippen molar-refractivity contribution in [1.29, 1.82) is 0 Å². The summed E-state index contributed by atoms with van der Waals surface area (Å²) >= 11 is 0. The molecule has 0 bridgehead atoms. The summed E-state index contributed by atoms with van der Waals surface area (Å²) in [5.74, 6) is 0.203. The van der Waals surface area contributed by atoms with E-state index < -0.39 is 5.97 Å². The molecule has 1 amide bonds. The van der Waals surface area contributed by atoms with E-state index in [0.29, 0.717) is 30.4 Å². The zero-order valence-electron chi connectivity index (χ0n) is 18.1. The average molecular weight is 431 g/mol. The van der Waals surface area contributed by atoms with Gasteiger partial charge in [0.05, 0.1) is 31.2 Å². The van der Waals surface area contributed by atoms with Crippen LogP contribution in [-0.4, -0.2) is 30.2 Å². The molecule has 32 heavy (non-hydrogen) atoms. The van der Waals surface area contributed by atoms with Crippen molar-refractivity contribution in [3.05, 3.63) is 89.0 Å². The highest BCUT2D eigenvalue weighted by Crippen LogP contribution is 2.43. The molecule has 164 valence electrons. The molecule has 0 unspecified atom stereocenters. The minimum absolute atomic E-state index is 0.0685. The van der Waals surface area contributed by atoms with Gasteiger partial charge in [0.25, 0.3) is 0 Å². The molecule has 0 aromatic heterocycles. The lowest BCUT2D eigenvalue weighted by atomic mass is 9.86. The SMILES string of the molecule is CCOc1cc2c(cc1OCC)[C@H](c1ccccc1)N(c1ccc(C(=O)O)cc1)C(=O)C2. The first-order chi connectivity index (χ1) is 15.5. The number of hydrogen-bond donors (Lipinski definition) is 1. The summed E-state index contributed by atoms with van der Waals surface area (Å²) in [6, 6.07) is 19.7. The summed E-state index contributed by atoms with van der Waals surface area (Å²) in [4.78, 5) is 26.4. The monoisotopic (exact) mass is 431 g/mol. The molecule has 1 N–H and O–H groups in total. The average Bonchev–Trinajstić information content (AvgIpc) is 2.80. The quantitative estimate of drug-likeness (QED) is 0.578. The summed E-state index contributed by atoms with van der Waals surface area (Å²) in [5, 5.41) is 9.24. The predicted octanol–water partition coefficient (Wildman–Crippen LogP) is 4.86. The predicted molar refractivity (Wildman–Crippen MR) is 122 cm³/mol. The summed E-state index contributed by atoms with van der Waals surface area (Å²) in [6.07, 6.45) is 0.214. The fraction of sp³-hybridized carbons (Fsp3) is 0.231. The van der Waals surface area contributed by atoms with Crippen molar-refractivity contribution in [1.82, 2.24) is 0 Å². The maximum atomic E-state index is 13.4. The van der Waals surface area contributed by atoms with Crippen molar-refractivity contribution in [3.63, 3.8) is 0 Å². The smallest absolute Gasteiger partial charge is 0.335 e. The molecule has 3 aromatic rings. The van der Waals surface area contributed by atoms with E-state index in [4.69, 9.17) is 9.47 Å². The fourth-order valence-electron chi connectivity index (χ4n) is 4.11. The Morgan fingerprint density at radius 2 is 1.59 bits per heavy atom. The van der Waals surface area contributed by atoms with Crippen LogP contribution < -0.4 is 14.4 Å². The van der Waals surface area contributed by atoms with Crippen LogP contribution in [0.1, 0.15) is 46.9 Å². The number of fused-ring (bicyclic) bond motifs is 1. The molecule has 0 spiro atoms. The van der Waals surface area contributed by atoms with Crippen molar-refractivity contribution in [3.8, 4) is 11.5 Å². The lowest BCUT2D eigenvalue weighted by Crippen LogP contribution is -2.41. The van der Waals surface area contributed by atoms with E-state index in [0.717, 1.165) is 16.7 Å². The third-order valence-electron chi connectivity index (χ3n) is 5.48. The first-order valence-electron chi connectivity index (χ1n) is 10.7. The number of carboxylic acids is 1. The second kappa shape index (κ2) is 9.14. The molecule has 6 heteroatoms. The van der Waals surface area contributed by atoms with E-state index >= 15 is 0 Å². The number of benzene rings is 3. The van der Waals surface area contributed by atoms with Gasteiger partial charge in [0.15, 0.2) is 11.5 Å². The van der Waals surface area contributed by atoms with Crippen LogP contribution in [0.25, 0.3) is 0 Å². The van der Waals surface area contributed by atoms with Crippen molar-refractivity contribution in [2.24, 2.45) is 0 Å². The van der Waals surface area contributed by atoms with Gasteiger partial charge in [-0.2, -0.15) is 0 Å². The van der Waals surface area contributed by atoms with Gasteiger partial charge in [0.1, 0.15) is 0 Å². The van der Waals surface area contributed by atoms with Crippen molar-refractivity contribution < 1.29 is 24.2 Å². The highest BCUT2D eigenvalue weighted by atomic mass is 16.5. The van der Waals surface area contributed by atoms with Gasteiger partial charge in [-0.25, -0.2) is 4.79 Å². The number of nitrogens with zero attached hydrogens (tertiary/aromatic N) is 1. The lowest BCUT2D eigenvalue weighted by Gasteiger charge is -2.38. The Morgan fingerprint density at radius 3 is 2.19 bits per heavy atom. The minimum atomic E-state index is -1.00. The highest BCUT2D eigenvalue weighted by Gasteiger charge is 2.36. The maximum Gasteiger partial charge on any atom is 0.335 e. The van der Waals surface area contributed by atoms with E-state index in [1.165, 1.54) is 12.1 Å². The van der Waals surface area contributed by atoms with E-state index in [2.05, 4.69) is 0 Å². The van der Waals surface area contributed by atoms with Crippen LogP contribution in [0.15, 0.2) is 66.7 Å². The first kappa shape index (κ1) is 21.4. The van der Waals surface area contributed by atoms with Crippen LogP contribution >= 0.6 is 0 Å². The van der Waals surface area contributed by atoms with Gasteiger partial charge in [-0.3, -0.25) is 4.79 Å². The van der Waals surface area contributed by atoms with E-state index in [-0.39, 0.29) is 23.9 Å². The van der Waals surface area contributed by atoms with E-state index in [9.17, 15) is 14.7 Å². The number of anilines is 1. The van der Waals surface area contributed by atoms with E-state index in [1.54, 1.807) is 17.0 Å². The largest absolute Gasteiger partial charge is 0.490 e. The van der Waals surface area contributed by atoms with Crippen LogP contribution in [0.2, 0.25) is 0 Å². The summed E-state index contributed by atoms with van der Waals surface area (Å²) in [6.45, 7) is 4.82. The molecule has 0 saturated carbocycles. The number of aromatic carboxylic acids is 1. The molecule has 3 aromatic carbocycles. The number of amides is 1. The zero-order chi connectivity index (χ0) is 22.7. The van der Waals surface area contributed by atoms with Gasteiger partial charge in [-0.05, 0) is 66.9 Å². The normalized spacial score (nSPS) is 15.2. The Morgan fingerprint density at radius 1 is 0.969 bits per heavy atom. The standard InChI is InChI=1S/C26H25NO5/c1-3-31-22-14-19-15-24(28)27(20-12-10-18(11-13-20)26(29)30)25(17-8-6-5-7-9-17)21(19)16-23(22)32-4-2/h5-14,16,25H,3-4,15H2,1-2H3,(H,29,30)/t25-/m0/s1. The molecule has 0 saturated heterocycles. The Bertz CT molecular complexity index is 1120. The third kappa shape index (κ3) is 4.04. The second-order valence-electron chi connectivity index (χ2n) is 7.47. The molecule has 6 nitrogen and oxygen atoms in total. The minimum Gasteiger partial charge on any atom is -0.490 e. The molecule has 4 rings (SSSR count). The maximum absolute atomic E-state index is 13.4. The van der Waals surface area contributed by atoms with Gasteiger partial charge in [-0.15, -0.1) is 0 Å². The van der Waals surface area contributed by atoms with Gasteiger partial charge in [0.2, 0.25) is 5.91 Å². The number of ether oxygens (including phenoxy) is 2. The molecule has 1 heterocycles.